The van der Waals surface area contributed by atoms with Crippen molar-refractivity contribution >= 4 is 23.6 Å². The van der Waals surface area contributed by atoms with Crippen LogP contribution in [0.4, 0.5) is 0 Å². The first kappa shape index (κ1) is 34.3. The van der Waals surface area contributed by atoms with Gasteiger partial charge in [-0.25, -0.2) is 4.98 Å². The van der Waals surface area contributed by atoms with Crippen molar-refractivity contribution in [1.29, 1.82) is 0 Å². The summed E-state index contributed by atoms with van der Waals surface area (Å²) in [4.78, 5) is 64.7. The van der Waals surface area contributed by atoms with Crippen molar-refractivity contribution in [1.82, 2.24) is 40.2 Å². The number of benzene rings is 1. The molecule has 1 aromatic carbocycles. The lowest BCUT2D eigenvalue weighted by Crippen LogP contribution is -2.46. The van der Waals surface area contributed by atoms with Crippen LogP contribution in [0.5, 0.6) is 11.5 Å². The number of rotatable bonds is 8. The third-order valence-corrected chi connectivity index (χ3v) is 8.60. The van der Waals surface area contributed by atoms with Crippen LogP contribution in [0.25, 0.3) is 0 Å². The molecule has 0 radical (unpaired) electrons. The minimum atomic E-state index is -0.709. The molecule has 5 rings (SSSR count). The minimum absolute atomic E-state index is 0.0343. The van der Waals surface area contributed by atoms with E-state index in [9.17, 15) is 19.2 Å². The van der Waals surface area contributed by atoms with Crippen LogP contribution in [0.3, 0.4) is 0 Å². The Morgan fingerprint density at radius 1 is 1.02 bits per heavy atom. The first-order chi connectivity index (χ1) is 23.4. The number of likely N-dealkylation sites (tertiary alicyclic amines) is 1. The number of hydrogen-bond donors (Lipinski definition) is 2. The van der Waals surface area contributed by atoms with Crippen LogP contribution >= 0.6 is 0 Å². The number of hydrogen-bond acceptors (Lipinski definition) is 9. The van der Waals surface area contributed by atoms with Gasteiger partial charge in [0.05, 0.1) is 13.7 Å². The second-order valence-corrected chi connectivity index (χ2v) is 12.0. The number of carbonyl (C=O) groups is 4. The zero-order valence-corrected chi connectivity index (χ0v) is 27.4. The summed E-state index contributed by atoms with van der Waals surface area (Å²) >= 11 is 0. The van der Waals surface area contributed by atoms with Gasteiger partial charge in [-0.3, -0.25) is 28.8 Å². The number of ether oxygens (including phenoxy) is 2. The van der Waals surface area contributed by atoms with E-state index in [1.807, 2.05) is 17.0 Å². The summed E-state index contributed by atoms with van der Waals surface area (Å²) in [6.07, 6.45) is 10.00. The topological polar surface area (TPSA) is 161 Å². The summed E-state index contributed by atoms with van der Waals surface area (Å²) in [6, 6.07) is 8.05. The largest absolute Gasteiger partial charge is 0.493 e. The second kappa shape index (κ2) is 17.2. The van der Waals surface area contributed by atoms with E-state index in [2.05, 4.69) is 25.7 Å². The van der Waals surface area contributed by atoms with Gasteiger partial charge in [-0.05, 0) is 61.9 Å². The van der Waals surface area contributed by atoms with E-state index in [0.29, 0.717) is 94.7 Å². The van der Waals surface area contributed by atoms with Gasteiger partial charge in [0.1, 0.15) is 24.8 Å². The number of nitrogens with zero attached hydrogens (tertiary/aromatic N) is 6. The predicted molar refractivity (Wildman–Crippen MR) is 175 cm³/mol. The fourth-order valence-corrected chi connectivity index (χ4v) is 6.03. The van der Waals surface area contributed by atoms with Crippen LogP contribution in [0.15, 0.2) is 55.4 Å². The van der Waals surface area contributed by atoms with Gasteiger partial charge >= 0.3 is 0 Å². The summed E-state index contributed by atoms with van der Waals surface area (Å²) in [7, 11) is 1.52. The molecule has 3 aromatic rings. The van der Waals surface area contributed by atoms with Gasteiger partial charge in [-0.2, -0.15) is 5.10 Å². The average molecular weight is 661 g/mol. The standard InChI is InChI=1S/C34H44N8O6/c1-47-29-11-10-26-19-30(29)48-27-20-28(42(22-27)32(44)8-5-18-41-24-36-23-39-41)34(46)38-14-2-3-16-40(17-6-15-37-33(26)45)31(43)12-9-25-7-4-13-35-21-25/h4,7,10-11,13,19,21,23-24,27-28H,2-3,5-6,8-9,12,14-18,20,22H2,1H3,(H,37,45)(H,38,46)/t27-,28-/m0/s1. The Labute approximate surface area is 280 Å². The summed E-state index contributed by atoms with van der Waals surface area (Å²) < 4.78 is 13.5. The van der Waals surface area contributed by atoms with Gasteiger partial charge in [0.25, 0.3) is 5.91 Å². The molecule has 4 heterocycles. The maximum absolute atomic E-state index is 13.5. The number of pyridine rings is 1. The molecule has 0 unspecified atom stereocenters. The highest BCUT2D eigenvalue weighted by Crippen LogP contribution is 2.32. The van der Waals surface area contributed by atoms with Crippen molar-refractivity contribution in [2.45, 2.75) is 70.1 Å². The summed E-state index contributed by atoms with van der Waals surface area (Å²) in [6.45, 7) is 2.59. The van der Waals surface area contributed by atoms with Gasteiger partial charge in [-0.1, -0.05) is 6.07 Å². The first-order valence-electron chi connectivity index (χ1n) is 16.6. The maximum Gasteiger partial charge on any atom is 0.251 e. The molecule has 0 spiro atoms. The Bertz CT molecular complexity index is 1520. The number of aryl methyl sites for hydroxylation is 2. The molecule has 0 saturated carbocycles. The molecule has 2 aromatic heterocycles. The molecular formula is C34H44N8O6. The zero-order chi connectivity index (χ0) is 33.7. The zero-order valence-electron chi connectivity index (χ0n) is 27.4. The molecule has 0 aliphatic carbocycles. The van der Waals surface area contributed by atoms with Gasteiger partial charge in [0.15, 0.2) is 11.5 Å². The molecule has 4 amide bonds. The van der Waals surface area contributed by atoms with E-state index in [-0.39, 0.29) is 36.6 Å². The molecule has 256 valence electrons. The van der Waals surface area contributed by atoms with Gasteiger partial charge in [-0.15, -0.1) is 0 Å². The van der Waals surface area contributed by atoms with Crippen molar-refractivity contribution in [3.8, 4) is 11.5 Å². The van der Waals surface area contributed by atoms with Crippen LogP contribution in [0.2, 0.25) is 0 Å². The Hall–Kier alpha value is -5.01. The number of amides is 4. The molecule has 2 atom stereocenters. The normalized spacial score (nSPS) is 19.3. The fourth-order valence-electron chi connectivity index (χ4n) is 6.03. The third-order valence-electron chi connectivity index (χ3n) is 8.60. The highest BCUT2D eigenvalue weighted by atomic mass is 16.5. The quantitative estimate of drug-likeness (QED) is 0.368. The van der Waals surface area contributed by atoms with Crippen molar-refractivity contribution in [2.75, 3.05) is 39.8 Å². The molecule has 2 aliphatic heterocycles. The highest BCUT2D eigenvalue weighted by molar-refractivity contribution is 5.95. The van der Waals surface area contributed by atoms with Crippen LogP contribution in [-0.4, -0.2) is 105 Å². The lowest BCUT2D eigenvalue weighted by molar-refractivity contribution is -0.138. The van der Waals surface area contributed by atoms with E-state index in [1.54, 1.807) is 46.5 Å². The second-order valence-electron chi connectivity index (χ2n) is 12.0. The van der Waals surface area contributed by atoms with Crippen molar-refractivity contribution < 1.29 is 28.7 Å². The SMILES string of the molecule is COc1ccc2cc1O[C@H]1C[C@@H](C(=O)NCCCCN(C(=O)CCc3cccnc3)CCCNC2=O)N(C(=O)CCCn2cncn2)C1. The van der Waals surface area contributed by atoms with E-state index in [4.69, 9.17) is 9.47 Å². The maximum atomic E-state index is 13.5. The van der Waals surface area contributed by atoms with Gasteiger partial charge in [0.2, 0.25) is 17.7 Å². The monoisotopic (exact) mass is 660 g/mol. The smallest absolute Gasteiger partial charge is 0.251 e. The third kappa shape index (κ3) is 9.52. The van der Waals surface area contributed by atoms with E-state index < -0.39 is 12.1 Å². The van der Waals surface area contributed by atoms with Gasteiger partial charge in [0, 0.05) is 69.9 Å². The first-order valence-corrected chi connectivity index (χ1v) is 16.6. The Morgan fingerprint density at radius 3 is 2.67 bits per heavy atom. The van der Waals surface area contributed by atoms with E-state index in [0.717, 1.165) is 5.56 Å². The number of aromatic nitrogens is 4. The number of methoxy groups -OCH3 is 1. The fraction of sp³-hybridized carbons (Fsp3) is 0.500. The molecule has 1 fully saturated rings. The van der Waals surface area contributed by atoms with Crippen molar-refractivity contribution in [3.05, 3.63) is 66.5 Å². The molecule has 1 saturated heterocycles. The summed E-state index contributed by atoms with van der Waals surface area (Å²) in [5.41, 5.74) is 1.39. The van der Waals surface area contributed by atoms with Crippen molar-refractivity contribution in [2.24, 2.45) is 0 Å². The molecule has 14 nitrogen and oxygen atoms in total. The minimum Gasteiger partial charge on any atom is -0.493 e. The van der Waals surface area contributed by atoms with Crippen LogP contribution in [-0.2, 0) is 27.3 Å². The van der Waals surface area contributed by atoms with E-state index in [1.165, 1.54) is 13.4 Å². The lowest BCUT2D eigenvalue weighted by atomic mass is 10.1. The molecule has 4 bridgehead atoms. The van der Waals surface area contributed by atoms with Crippen LogP contribution < -0.4 is 20.1 Å². The van der Waals surface area contributed by atoms with Crippen LogP contribution in [0, 0.1) is 0 Å². The van der Waals surface area contributed by atoms with E-state index >= 15 is 0 Å². The average Bonchev–Trinajstić information content (AvgIpc) is 3.78. The predicted octanol–water partition coefficient (Wildman–Crippen LogP) is 2.00. The lowest BCUT2D eigenvalue weighted by Gasteiger charge is -2.24. The Kier molecular flexibility index (Phi) is 12.3. The Morgan fingerprint density at radius 2 is 1.88 bits per heavy atom. The highest BCUT2D eigenvalue weighted by Gasteiger charge is 2.40. The molecule has 14 heteroatoms. The molecule has 2 N–H and O–H groups in total. The van der Waals surface area contributed by atoms with Crippen LogP contribution in [0.1, 0.15) is 60.9 Å². The summed E-state index contributed by atoms with van der Waals surface area (Å²) in [5.74, 6) is 0.168. The summed E-state index contributed by atoms with van der Waals surface area (Å²) in [5, 5.41) is 10.1. The molecule has 2 aliphatic rings. The molecular weight excluding hydrogens is 616 g/mol. The number of carbonyl (C=O) groups excluding carboxylic acids is 4. The Balaban J connectivity index is 1.28. The number of fused-ring (bicyclic) bond motifs is 4. The molecule has 48 heavy (non-hydrogen) atoms. The number of nitrogens with one attached hydrogen (secondary N) is 2. The van der Waals surface area contributed by atoms with Gasteiger partial charge < -0.3 is 29.9 Å². The van der Waals surface area contributed by atoms with Crippen molar-refractivity contribution in [3.63, 3.8) is 0 Å².